The molecule has 5 rings (SSSR count). The Hall–Kier alpha value is -3.83. The summed E-state index contributed by atoms with van der Waals surface area (Å²) in [6.07, 6.45) is 4.79. The highest BCUT2D eigenvalue weighted by atomic mass is 16.7. The summed E-state index contributed by atoms with van der Waals surface area (Å²) in [7, 11) is 1.57. The van der Waals surface area contributed by atoms with E-state index in [1.54, 1.807) is 19.5 Å². The Morgan fingerprint density at radius 3 is 2.44 bits per heavy atom. The highest BCUT2D eigenvalue weighted by molar-refractivity contribution is 5.80. The average molecular weight is 562 g/mol. The number of aromatic nitrogens is 6. The maximum Gasteiger partial charge on any atom is 0.418 e. The van der Waals surface area contributed by atoms with Crippen molar-refractivity contribution in [1.82, 2.24) is 35.1 Å². The van der Waals surface area contributed by atoms with Gasteiger partial charge in [-0.1, -0.05) is 11.3 Å². The number of nitrogens with one attached hydrogen (secondary N) is 1. The molecule has 3 aromatic heterocycles. The van der Waals surface area contributed by atoms with Gasteiger partial charge >= 0.3 is 6.09 Å². The molecule has 1 aliphatic rings. The van der Waals surface area contributed by atoms with Crippen LogP contribution in [0, 0.1) is 0 Å². The highest BCUT2D eigenvalue weighted by Crippen LogP contribution is 2.38. The molecule has 1 aliphatic heterocycles. The predicted octanol–water partition coefficient (Wildman–Crippen LogP) is 5.60. The number of fused-ring (bicyclic) bond motifs is 1. The summed E-state index contributed by atoms with van der Waals surface area (Å²) in [6, 6.07) is 9.66. The molecule has 1 aromatic carbocycles. The Kier molecular flexibility index (Phi) is 7.37. The fourth-order valence-electron chi connectivity index (χ4n) is 5.72. The Balaban J connectivity index is 1.45. The van der Waals surface area contributed by atoms with Crippen molar-refractivity contribution < 1.29 is 19.0 Å². The number of rotatable bonds is 6. The van der Waals surface area contributed by atoms with Crippen molar-refractivity contribution in [3.63, 3.8) is 0 Å². The monoisotopic (exact) mass is 561 g/mol. The van der Waals surface area contributed by atoms with Gasteiger partial charge in [0.1, 0.15) is 16.9 Å². The number of hydrogen-bond donors (Lipinski definition) is 1. The molecule has 0 saturated carbocycles. The Bertz CT molecular complexity index is 1550. The zero-order chi connectivity index (χ0) is 29.6. The van der Waals surface area contributed by atoms with Crippen LogP contribution in [0.15, 0.2) is 42.7 Å². The van der Waals surface area contributed by atoms with E-state index in [0.717, 1.165) is 29.5 Å². The molecule has 0 bridgehead atoms. The molecular formula is C30H39N7O4. The largest absolute Gasteiger partial charge is 0.467 e. The Morgan fingerprint density at radius 2 is 1.76 bits per heavy atom. The first-order chi connectivity index (χ1) is 19.2. The van der Waals surface area contributed by atoms with E-state index >= 15 is 0 Å². The lowest BCUT2D eigenvalue weighted by Gasteiger charge is -2.46. The molecule has 1 fully saturated rings. The summed E-state index contributed by atoms with van der Waals surface area (Å²) in [5, 5.41) is 21.8. The van der Waals surface area contributed by atoms with Crippen LogP contribution in [-0.4, -0.2) is 66.4 Å². The lowest BCUT2D eigenvalue weighted by atomic mass is 9.80. The normalized spacial score (nSPS) is 17.1. The molecule has 41 heavy (non-hydrogen) atoms. The van der Waals surface area contributed by atoms with Crippen LogP contribution in [0.3, 0.4) is 0 Å². The summed E-state index contributed by atoms with van der Waals surface area (Å²) < 4.78 is 19.9. The van der Waals surface area contributed by atoms with E-state index in [2.05, 4.69) is 53.5 Å². The van der Waals surface area contributed by atoms with Gasteiger partial charge in [0.25, 0.3) is 0 Å². The van der Waals surface area contributed by atoms with Crippen molar-refractivity contribution in [1.29, 1.82) is 0 Å². The first kappa shape index (κ1) is 28.7. The first-order valence-electron chi connectivity index (χ1n) is 13.8. The van der Waals surface area contributed by atoms with Crippen molar-refractivity contribution in [3.05, 3.63) is 42.7 Å². The van der Waals surface area contributed by atoms with Crippen LogP contribution in [0.4, 0.5) is 4.79 Å². The van der Waals surface area contributed by atoms with Crippen molar-refractivity contribution in [2.75, 3.05) is 13.9 Å². The molecule has 0 amide bonds. The van der Waals surface area contributed by atoms with Gasteiger partial charge in [0.15, 0.2) is 6.79 Å². The van der Waals surface area contributed by atoms with E-state index in [0.29, 0.717) is 22.6 Å². The minimum atomic E-state index is -0.585. The van der Waals surface area contributed by atoms with Gasteiger partial charge in [0.2, 0.25) is 5.65 Å². The van der Waals surface area contributed by atoms with E-state index in [1.807, 2.05) is 55.8 Å². The average Bonchev–Trinajstić information content (AvgIpc) is 3.52. The van der Waals surface area contributed by atoms with Crippen LogP contribution in [0.2, 0.25) is 0 Å². The van der Waals surface area contributed by atoms with Gasteiger partial charge in [-0.25, -0.2) is 9.48 Å². The number of piperidine rings is 1. The van der Waals surface area contributed by atoms with Gasteiger partial charge in [0.05, 0.1) is 11.7 Å². The third kappa shape index (κ3) is 6.41. The number of ether oxygens (including phenoxy) is 3. The molecule has 0 atom stereocenters. The molecule has 0 spiro atoms. The number of nitrogens with zero attached hydrogens (tertiary/aromatic N) is 6. The fraction of sp³-hybridized carbons (Fsp3) is 0.500. The first-order valence-corrected chi connectivity index (χ1v) is 13.8. The Morgan fingerprint density at radius 1 is 1.02 bits per heavy atom. The van der Waals surface area contributed by atoms with Gasteiger partial charge in [-0.05, 0) is 91.1 Å². The van der Waals surface area contributed by atoms with E-state index in [4.69, 9.17) is 14.2 Å². The van der Waals surface area contributed by atoms with Crippen LogP contribution in [0.5, 0.6) is 5.75 Å². The molecular weight excluding hydrogens is 522 g/mol. The minimum Gasteiger partial charge on any atom is -0.467 e. The van der Waals surface area contributed by atoms with Gasteiger partial charge in [0, 0.05) is 41.7 Å². The van der Waals surface area contributed by atoms with Crippen molar-refractivity contribution in [2.24, 2.45) is 0 Å². The standard InChI is InChI=1S/C30H39N7O4/c1-28(2,3)41-27(38)36-12-11-20(17-36)19-9-10-22(25(13-19)40-18-39-8)23-14-24-26(33-31-23)37(35-32-24)21-15-29(4,5)34-30(6,7)16-21/h9-14,17,21,34H,15-16,18H2,1-8H3. The second-order valence-corrected chi connectivity index (χ2v) is 13.0. The Labute approximate surface area is 240 Å². The molecule has 1 saturated heterocycles. The number of carbonyl (C=O) groups is 1. The van der Waals surface area contributed by atoms with E-state index in [-0.39, 0.29) is 23.9 Å². The number of benzene rings is 1. The predicted molar refractivity (Wildman–Crippen MR) is 156 cm³/mol. The second-order valence-electron chi connectivity index (χ2n) is 13.0. The minimum absolute atomic E-state index is 0.0404. The molecule has 4 aromatic rings. The van der Waals surface area contributed by atoms with Crippen LogP contribution in [0.25, 0.3) is 33.5 Å². The van der Waals surface area contributed by atoms with Gasteiger partial charge in [-0.2, -0.15) is 0 Å². The van der Waals surface area contributed by atoms with E-state index in [9.17, 15) is 4.79 Å². The van der Waals surface area contributed by atoms with Crippen LogP contribution < -0.4 is 10.1 Å². The molecule has 0 aliphatic carbocycles. The summed E-state index contributed by atoms with van der Waals surface area (Å²) >= 11 is 0. The molecule has 11 nitrogen and oxygen atoms in total. The second kappa shape index (κ2) is 10.5. The quantitative estimate of drug-likeness (QED) is 0.300. The number of hydrogen-bond acceptors (Lipinski definition) is 9. The highest BCUT2D eigenvalue weighted by Gasteiger charge is 2.39. The van der Waals surface area contributed by atoms with Crippen LogP contribution in [-0.2, 0) is 9.47 Å². The van der Waals surface area contributed by atoms with Gasteiger partial charge in [-0.3, -0.25) is 4.57 Å². The van der Waals surface area contributed by atoms with Crippen molar-refractivity contribution >= 4 is 17.3 Å². The zero-order valence-corrected chi connectivity index (χ0v) is 25.1. The molecule has 11 heteroatoms. The number of methoxy groups -OCH3 is 1. The van der Waals surface area contributed by atoms with Gasteiger partial charge < -0.3 is 19.5 Å². The molecule has 0 unspecified atom stereocenters. The zero-order valence-electron chi connectivity index (χ0n) is 25.1. The lowest BCUT2D eigenvalue weighted by Crippen LogP contribution is -2.58. The topological polar surface area (TPSA) is 118 Å². The van der Waals surface area contributed by atoms with Gasteiger partial charge in [-0.15, -0.1) is 15.3 Å². The third-order valence-corrected chi connectivity index (χ3v) is 6.96. The maximum absolute atomic E-state index is 12.5. The fourth-order valence-corrected chi connectivity index (χ4v) is 5.72. The van der Waals surface area contributed by atoms with E-state index in [1.165, 1.54) is 4.57 Å². The summed E-state index contributed by atoms with van der Waals surface area (Å²) in [5.74, 6) is 0.567. The van der Waals surface area contributed by atoms with E-state index < -0.39 is 11.7 Å². The lowest BCUT2D eigenvalue weighted by molar-refractivity contribution is 0.0515. The summed E-state index contributed by atoms with van der Waals surface area (Å²) in [4.78, 5) is 12.5. The maximum atomic E-state index is 12.5. The van der Waals surface area contributed by atoms with Crippen molar-refractivity contribution in [3.8, 4) is 28.1 Å². The summed E-state index contributed by atoms with van der Waals surface area (Å²) in [6.45, 7) is 14.4. The SMILES string of the molecule is COCOc1cc(-c2ccn(C(=O)OC(C)(C)C)c2)ccc1-c1cc2nnn(C3CC(C)(C)NC(C)(C)C3)c2nn1. The van der Waals surface area contributed by atoms with Crippen molar-refractivity contribution in [2.45, 2.75) is 84.0 Å². The smallest absolute Gasteiger partial charge is 0.418 e. The molecule has 1 N–H and O–H groups in total. The van der Waals surface area contributed by atoms with Crippen LogP contribution in [0.1, 0.15) is 67.3 Å². The number of carbonyl (C=O) groups excluding carboxylic acids is 1. The molecule has 0 radical (unpaired) electrons. The molecule has 218 valence electrons. The summed E-state index contributed by atoms with van der Waals surface area (Å²) in [5.41, 5.74) is 3.71. The van der Waals surface area contributed by atoms with Crippen LogP contribution >= 0.6 is 0 Å². The molecule has 4 heterocycles. The third-order valence-electron chi connectivity index (χ3n) is 6.96.